The Balaban J connectivity index is 2.21. The average Bonchev–Trinajstić information content (AvgIpc) is 2.51. The lowest BCUT2D eigenvalue weighted by Gasteiger charge is -2.19. The Kier molecular flexibility index (Phi) is 6.62. The van der Waals surface area contributed by atoms with Gasteiger partial charge in [0.25, 0.3) is 0 Å². The third-order valence-electron chi connectivity index (χ3n) is 2.91. The minimum absolute atomic E-state index is 0.0907. The number of carbonyl (C=O) groups excluding carboxylic acids is 2. The van der Waals surface area contributed by atoms with E-state index in [-0.39, 0.29) is 25.0 Å². The molecule has 0 radical (unpaired) electrons. The number of carbonyl (C=O) groups is 2. The highest BCUT2D eigenvalue weighted by atomic mass is 16.3. The van der Waals surface area contributed by atoms with Crippen molar-refractivity contribution in [3.8, 4) is 0 Å². The largest absolute Gasteiger partial charge is 0.396 e. The molecule has 1 aliphatic heterocycles. The van der Waals surface area contributed by atoms with E-state index in [4.69, 9.17) is 5.11 Å². The third kappa shape index (κ3) is 5.68. The summed E-state index contributed by atoms with van der Waals surface area (Å²) in [5.74, 6) is -0.00815. The molecule has 0 aromatic carbocycles. The molecule has 1 aliphatic rings. The number of likely N-dealkylation sites (tertiary alicyclic amines) is 1. The second-order valence-electron chi connectivity index (χ2n) is 4.41. The van der Waals surface area contributed by atoms with Crippen LogP contribution >= 0.6 is 0 Å². The Bertz CT molecular complexity index is 256. The molecule has 0 aliphatic carbocycles. The lowest BCUT2D eigenvalue weighted by molar-refractivity contribution is -0.135. The lowest BCUT2D eigenvalue weighted by Crippen LogP contribution is -2.40. The molecule has 2 amide bonds. The summed E-state index contributed by atoms with van der Waals surface area (Å²) in [6, 6.07) is 0. The Morgan fingerprint density at radius 1 is 1.29 bits per heavy atom. The zero-order valence-corrected chi connectivity index (χ0v) is 10.3. The van der Waals surface area contributed by atoms with Gasteiger partial charge in [0.05, 0.1) is 6.54 Å². The van der Waals surface area contributed by atoms with Crippen LogP contribution in [0.1, 0.15) is 38.5 Å². The number of unbranched alkanes of at least 4 members (excludes halogenated alkanes) is 1. The smallest absolute Gasteiger partial charge is 0.239 e. The molecule has 0 aromatic rings. The van der Waals surface area contributed by atoms with Crippen LogP contribution in [0.4, 0.5) is 0 Å². The summed E-state index contributed by atoms with van der Waals surface area (Å²) in [6.45, 7) is 1.60. The standard InChI is InChI=1S/C12H22N2O3/c15-9-5-3-7-13-11(16)10-14-8-4-1-2-6-12(14)17/h15H,1-10H2,(H,13,16). The minimum Gasteiger partial charge on any atom is -0.396 e. The van der Waals surface area contributed by atoms with Gasteiger partial charge in [-0.25, -0.2) is 0 Å². The zero-order valence-electron chi connectivity index (χ0n) is 10.3. The highest BCUT2D eigenvalue weighted by molar-refractivity contribution is 5.84. The molecule has 0 bridgehead atoms. The van der Waals surface area contributed by atoms with E-state index in [0.717, 1.165) is 25.7 Å². The maximum absolute atomic E-state index is 11.6. The van der Waals surface area contributed by atoms with Gasteiger partial charge in [-0.15, -0.1) is 0 Å². The van der Waals surface area contributed by atoms with E-state index >= 15 is 0 Å². The third-order valence-corrected chi connectivity index (χ3v) is 2.91. The first-order valence-corrected chi connectivity index (χ1v) is 6.39. The van der Waals surface area contributed by atoms with Gasteiger partial charge in [0.1, 0.15) is 0 Å². The number of nitrogens with zero attached hydrogens (tertiary/aromatic N) is 1. The second kappa shape index (κ2) is 8.06. The van der Waals surface area contributed by atoms with E-state index in [9.17, 15) is 9.59 Å². The van der Waals surface area contributed by atoms with Crippen molar-refractivity contribution in [3.63, 3.8) is 0 Å². The molecule has 1 heterocycles. The van der Waals surface area contributed by atoms with E-state index in [1.54, 1.807) is 4.90 Å². The van der Waals surface area contributed by atoms with E-state index in [0.29, 0.717) is 25.9 Å². The number of aliphatic hydroxyl groups is 1. The molecular formula is C12H22N2O3. The first kappa shape index (κ1) is 14.0. The van der Waals surface area contributed by atoms with Gasteiger partial charge in [0.2, 0.25) is 11.8 Å². The van der Waals surface area contributed by atoms with Crippen LogP contribution in [0.2, 0.25) is 0 Å². The van der Waals surface area contributed by atoms with Gasteiger partial charge in [-0.1, -0.05) is 6.42 Å². The van der Waals surface area contributed by atoms with Gasteiger partial charge in [-0.05, 0) is 25.7 Å². The summed E-state index contributed by atoms with van der Waals surface area (Å²) >= 11 is 0. The summed E-state index contributed by atoms with van der Waals surface area (Å²) in [5.41, 5.74) is 0. The van der Waals surface area contributed by atoms with Gasteiger partial charge in [-0.2, -0.15) is 0 Å². The maximum atomic E-state index is 11.6. The monoisotopic (exact) mass is 242 g/mol. The molecule has 0 spiro atoms. The first-order valence-electron chi connectivity index (χ1n) is 6.39. The minimum atomic E-state index is -0.0989. The fraction of sp³-hybridized carbons (Fsp3) is 0.833. The fourth-order valence-corrected chi connectivity index (χ4v) is 1.90. The molecule has 0 unspecified atom stereocenters. The number of amides is 2. The van der Waals surface area contributed by atoms with E-state index in [1.807, 2.05) is 0 Å². The topological polar surface area (TPSA) is 69.6 Å². The van der Waals surface area contributed by atoms with Gasteiger partial charge in [0, 0.05) is 26.1 Å². The van der Waals surface area contributed by atoms with Crippen LogP contribution < -0.4 is 5.32 Å². The van der Waals surface area contributed by atoms with Gasteiger partial charge < -0.3 is 15.3 Å². The molecule has 98 valence electrons. The molecule has 1 rings (SSSR count). The Morgan fingerprint density at radius 2 is 2.12 bits per heavy atom. The number of rotatable bonds is 6. The molecule has 1 saturated heterocycles. The van der Waals surface area contributed by atoms with Crippen molar-refractivity contribution in [1.29, 1.82) is 0 Å². The van der Waals surface area contributed by atoms with Crippen molar-refractivity contribution in [1.82, 2.24) is 10.2 Å². The fourth-order valence-electron chi connectivity index (χ4n) is 1.90. The van der Waals surface area contributed by atoms with Crippen LogP contribution in [0, 0.1) is 0 Å². The average molecular weight is 242 g/mol. The Labute approximate surface area is 102 Å². The van der Waals surface area contributed by atoms with Crippen molar-refractivity contribution in [2.24, 2.45) is 0 Å². The molecule has 5 heteroatoms. The van der Waals surface area contributed by atoms with Gasteiger partial charge in [-0.3, -0.25) is 9.59 Å². The van der Waals surface area contributed by atoms with E-state index in [1.165, 1.54) is 0 Å². The van der Waals surface area contributed by atoms with E-state index in [2.05, 4.69) is 5.32 Å². The van der Waals surface area contributed by atoms with Crippen molar-refractivity contribution in [3.05, 3.63) is 0 Å². The number of hydrogen-bond donors (Lipinski definition) is 2. The molecule has 2 N–H and O–H groups in total. The molecule has 0 aromatic heterocycles. The van der Waals surface area contributed by atoms with Crippen molar-refractivity contribution >= 4 is 11.8 Å². The molecule has 0 saturated carbocycles. The zero-order chi connectivity index (χ0) is 12.5. The van der Waals surface area contributed by atoms with Gasteiger partial charge in [0.15, 0.2) is 0 Å². The first-order chi connectivity index (χ1) is 8.24. The summed E-state index contributed by atoms with van der Waals surface area (Å²) < 4.78 is 0. The van der Waals surface area contributed by atoms with Crippen LogP contribution in [-0.2, 0) is 9.59 Å². The van der Waals surface area contributed by atoms with Crippen LogP contribution in [0.15, 0.2) is 0 Å². The summed E-state index contributed by atoms with van der Waals surface area (Å²) in [7, 11) is 0. The molecule has 5 nitrogen and oxygen atoms in total. The molecule has 1 fully saturated rings. The van der Waals surface area contributed by atoms with Crippen LogP contribution in [0.25, 0.3) is 0 Å². The van der Waals surface area contributed by atoms with E-state index < -0.39 is 0 Å². The number of aliphatic hydroxyl groups excluding tert-OH is 1. The normalized spacial score (nSPS) is 16.8. The lowest BCUT2D eigenvalue weighted by atomic mass is 10.2. The Morgan fingerprint density at radius 3 is 2.88 bits per heavy atom. The van der Waals surface area contributed by atoms with Crippen LogP contribution in [-0.4, -0.2) is 48.1 Å². The van der Waals surface area contributed by atoms with Crippen molar-refractivity contribution < 1.29 is 14.7 Å². The summed E-state index contributed by atoms with van der Waals surface area (Å²) in [4.78, 5) is 24.9. The molecule has 0 atom stereocenters. The SMILES string of the molecule is O=C(CN1CCCCCC1=O)NCCCCO. The predicted molar refractivity (Wildman–Crippen MR) is 64.4 cm³/mol. The Hall–Kier alpha value is -1.10. The summed E-state index contributed by atoms with van der Waals surface area (Å²) in [5, 5.41) is 11.4. The van der Waals surface area contributed by atoms with Crippen molar-refractivity contribution in [2.75, 3.05) is 26.2 Å². The maximum Gasteiger partial charge on any atom is 0.239 e. The predicted octanol–water partition coefficient (Wildman–Crippen LogP) is 0.278. The number of hydrogen-bond acceptors (Lipinski definition) is 3. The van der Waals surface area contributed by atoms with Crippen LogP contribution in [0.3, 0.4) is 0 Å². The molecule has 17 heavy (non-hydrogen) atoms. The van der Waals surface area contributed by atoms with Crippen molar-refractivity contribution in [2.45, 2.75) is 38.5 Å². The van der Waals surface area contributed by atoms with Gasteiger partial charge >= 0.3 is 0 Å². The number of nitrogens with one attached hydrogen (secondary N) is 1. The quantitative estimate of drug-likeness (QED) is 0.657. The molecular weight excluding hydrogens is 220 g/mol. The highest BCUT2D eigenvalue weighted by Crippen LogP contribution is 2.10. The van der Waals surface area contributed by atoms with Crippen LogP contribution in [0.5, 0.6) is 0 Å². The highest BCUT2D eigenvalue weighted by Gasteiger charge is 2.18. The second-order valence-corrected chi connectivity index (χ2v) is 4.41. The summed E-state index contributed by atoms with van der Waals surface area (Å²) in [6.07, 6.45) is 5.04.